The first-order valence-corrected chi connectivity index (χ1v) is 10.7. The molecule has 0 saturated heterocycles. The number of anilines is 2. The van der Waals surface area contributed by atoms with Crippen LogP contribution in [0.5, 0.6) is 11.5 Å². The van der Waals surface area contributed by atoms with E-state index < -0.39 is 0 Å². The van der Waals surface area contributed by atoms with E-state index in [4.69, 9.17) is 32.7 Å². The quantitative estimate of drug-likeness (QED) is 0.476. The molecule has 2 N–H and O–H groups in total. The zero-order valence-electron chi connectivity index (χ0n) is 15.1. The summed E-state index contributed by atoms with van der Waals surface area (Å²) in [5, 5.41) is 6.01. The van der Waals surface area contributed by atoms with E-state index in [1.54, 1.807) is 36.4 Å². The molecule has 2 amide bonds. The molecule has 6 nitrogen and oxygen atoms in total. The van der Waals surface area contributed by atoms with Crippen molar-refractivity contribution in [1.82, 2.24) is 0 Å². The van der Waals surface area contributed by atoms with Gasteiger partial charge in [0, 0.05) is 33.7 Å². The van der Waals surface area contributed by atoms with Crippen molar-refractivity contribution in [3.8, 4) is 11.5 Å². The summed E-state index contributed by atoms with van der Waals surface area (Å²) in [5.74, 6) is 1.87. The molecule has 0 bridgehead atoms. The Bertz CT molecular complexity index is 783. The second-order valence-corrected chi connectivity index (χ2v) is 8.22. The molecule has 0 heterocycles. The van der Waals surface area contributed by atoms with Gasteiger partial charge >= 0.3 is 0 Å². The van der Waals surface area contributed by atoms with E-state index >= 15 is 0 Å². The monoisotopic (exact) mass is 460 g/mol. The summed E-state index contributed by atoms with van der Waals surface area (Å²) in [7, 11) is 3.00. The third-order valence-electron chi connectivity index (χ3n) is 3.35. The fourth-order valence-electron chi connectivity index (χ4n) is 2.10. The van der Waals surface area contributed by atoms with Gasteiger partial charge in [-0.1, -0.05) is 46.7 Å². The minimum absolute atomic E-state index is 0.249. The molecule has 0 fully saturated rings. The third kappa shape index (κ3) is 7.01. The smallest absolute Gasteiger partial charge is 0.283 e. The van der Waals surface area contributed by atoms with E-state index in [0.29, 0.717) is 44.4 Å². The van der Waals surface area contributed by atoms with E-state index in [1.807, 2.05) is 0 Å². The SMILES string of the molecule is COc1cc(Cl)ccc1NC(=O)SCCSC(=O)Nc1ccc(Cl)cc1OC. The van der Waals surface area contributed by atoms with Gasteiger partial charge in [-0.05, 0) is 24.3 Å². The van der Waals surface area contributed by atoms with Crippen molar-refractivity contribution in [2.24, 2.45) is 0 Å². The van der Waals surface area contributed by atoms with E-state index in [1.165, 1.54) is 14.2 Å². The van der Waals surface area contributed by atoms with Gasteiger partial charge < -0.3 is 20.1 Å². The minimum Gasteiger partial charge on any atom is -0.495 e. The number of ether oxygens (including phenoxy) is 2. The molecule has 0 aliphatic heterocycles. The Balaban J connectivity index is 1.75. The Morgan fingerprint density at radius 3 is 1.57 bits per heavy atom. The number of carbonyl (C=O) groups is 2. The number of amides is 2. The summed E-state index contributed by atoms with van der Waals surface area (Å²) < 4.78 is 10.4. The maximum absolute atomic E-state index is 12.0. The summed E-state index contributed by atoms with van der Waals surface area (Å²) >= 11 is 13.9. The summed E-state index contributed by atoms with van der Waals surface area (Å²) in [4.78, 5) is 24.1. The first kappa shape index (κ1) is 22.5. The number of carbonyl (C=O) groups excluding carboxylic acids is 2. The minimum atomic E-state index is -0.249. The zero-order chi connectivity index (χ0) is 20.5. The summed E-state index contributed by atoms with van der Waals surface area (Å²) in [6, 6.07) is 9.90. The first-order chi connectivity index (χ1) is 13.4. The van der Waals surface area contributed by atoms with E-state index in [-0.39, 0.29) is 10.5 Å². The Morgan fingerprint density at radius 2 is 1.21 bits per heavy atom. The van der Waals surface area contributed by atoms with Gasteiger partial charge in [0.05, 0.1) is 25.6 Å². The van der Waals surface area contributed by atoms with E-state index in [0.717, 1.165) is 23.5 Å². The maximum atomic E-state index is 12.0. The van der Waals surface area contributed by atoms with Crippen molar-refractivity contribution in [1.29, 1.82) is 0 Å². The molecule has 0 aliphatic carbocycles. The van der Waals surface area contributed by atoms with Crippen LogP contribution in [0.3, 0.4) is 0 Å². The second-order valence-electron chi connectivity index (χ2n) is 5.21. The molecule has 0 aromatic heterocycles. The molecular formula is C18H18Cl2N2O4S2. The lowest BCUT2D eigenvalue weighted by molar-refractivity contribution is 0.269. The Morgan fingerprint density at radius 1 is 0.821 bits per heavy atom. The van der Waals surface area contributed by atoms with Crippen molar-refractivity contribution in [2.45, 2.75) is 0 Å². The summed E-state index contributed by atoms with van der Waals surface area (Å²) in [5.41, 5.74) is 1.06. The van der Waals surface area contributed by atoms with Gasteiger partial charge in [-0.2, -0.15) is 0 Å². The van der Waals surface area contributed by atoms with E-state index in [2.05, 4.69) is 10.6 Å². The number of hydrogen-bond donors (Lipinski definition) is 2. The standard InChI is InChI=1S/C18H18Cl2N2O4S2/c1-25-15-9-11(19)3-5-13(15)21-17(23)27-7-8-28-18(24)22-14-6-4-12(20)10-16(14)26-2/h3-6,9-10H,7-8H2,1-2H3,(H,21,23)(H,22,24). The fourth-order valence-corrected chi connectivity index (χ4v) is 3.82. The Labute approximate surface area is 181 Å². The molecule has 0 spiro atoms. The molecule has 2 aromatic rings. The highest BCUT2D eigenvalue weighted by atomic mass is 35.5. The van der Waals surface area contributed by atoms with Crippen molar-refractivity contribution in [3.05, 3.63) is 46.4 Å². The molecule has 2 aromatic carbocycles. The molecule has 28 heavy (non-hydrogen) atoms. The van der Waals surface area contributed by atoms with Crippen molar-refractivity contribution in [3.63, 3.8) is 0 Å². The summed E-state index contributed by atoms with van der Waals surface area (Å²) in [6.45, 7) is 0. The summed E-state index contributed by atoms with van der Waals surface area (Å²) in [6.07, 6.45) is 0. The van der Waals surface area contributed by atoms with Gasteiger partial charge in [0.25, 0.3) is 10.5 Å². The van der Waals surface area contributed by atoms with Crippen molar-refractivity contribution < 1.29 is 19.1 Å². The average molecular weight is 461 g/mol. The average Bonchev–Trinajstić information content (AvgIpc) is 2.68. The van der Waals surface area contributed by atoms with Crippen LogP contribution >= 0.6 is 46.7 Å². The number of rotatable bonds is 7. The molecule has 150 valence electrons. The number of thioether (sulfide) groups is 2. The lowest BCUT2D eigenvalue weighted by Gasteiger charge is -2.11. The lowest BCUT2D eigenvalue weighted by Crippen LogP contribution is -2.10. The van der Waals surface area contributed by atoms with Crippen LogP contribution in [-0.4, -0.2) is 36.2 Å². The molecule has 0 atom stereocenters. The number of halogens is 2. The Kier molecular flexibility index (Phi) is 9.11. The zero-order valence-corrected chi connectivity index (χ0v) is 18.2. The highest BCUT2D eigenvalue weighted by Crippen LogP contribution is 2.30. The van der Waals surface area contributed by atoms with Gasteiger partial charge in [-0.15, -0.1) is 0 Å². The third-order valence-corrected chi connectivity index (χ3v) is 5.62. The van der Waals surface area contributed by atoms with Gasteiger partial charge in [-0.25, -0.2) is 0 Å². The molecule has 10 heteroatoms. The normalized spacial score (nSPS) is 10.3. The van der Waals surface area contributed by atoms with Crippen LogP contribution < -0.4 is 20.1 Å². The van der Waals surface area contributed by atoms with Crippen LogP contribution in [0.25, 0.3) is 0 Å². The lowest BCUT2D eigenvalue weighted by atomic mass is 10.3. The fraction of sp³-hybridized carbons (Fsp3) is 0.222. The number of nitrogens with one attached hydrogen (secondary N) is 2. The van der Waals surface area contributed by atoms with Crippen molar-refractivity contribution in [2.75, 3.05) is 36.4 Å². The van der Waals surface area contributed by atoms with Crippen LogP contribution in [0.2, 0.25) is 10.0 Å². The predicted octanol–water partition coefficient (Wildman–Crippen LogP) is 6.24. The number of methoxy groups -OCH3 is 2. The Hall–Kier alpha value is -1.74. The van der Waals surface area contributed by atoms with Gasteiger partial charge in [0.1, 0.15) is 11.5 Å². The topological polar surface area (TPSA) is 76.7 Å². The highest BCUT2D eigenvalue weighted by Gasteiger charge is 2.11. The van der Waals surface area contributed by atoms with Gasteiger partial charge in [0.15, 0.2) is 0 Å². The number of benzene rings is 2. The van der Waals surface area contributed by atoms with Crippen molar-refractivity contribution >= 4 is 68.6 Å². The largest absolute Gasteiger partial charge is 0.495 e. The molecule has 0 radical (unpaired) electrons. The maximum Gasteiger partial charge on any atom is 0.283 e. The first-order valence-electron chi connectivity index (χ1n) is 7.97. The predicted molar refractivity (Wildman–Crippen MR) is 119 cm³/mol. The van der Waals surface area contributed by atoms with Crippen LogP contribution in [0.1, 0.15) is 0 Å². The van der Waals surface area contributed by atoms with Gasteiger partial charge in [-0.3, -0.25) is 9.59 Å². The number of hydrogen-bond acceptors (Lipinski definition) is 6. The van der Waals surface area contributed by atoms with Crippen LogP contribution in [0, 0.1) is 0 Å². The van der Waals surface area contributed by atoms with E-state index in [9.17, 15) is 9.59 Å². The van der Waals surface area contributed by atoms with Crippen LogP contribution in [-0.2, 0) is 0 Å². The molecule has 0 aliphatic rings. The molecule has 0 unspecified atom stereocenters. The highest BCUT2D eigenvalue weighted by molar-refractivity contribution is 8.17. The van der Waals surface area contributed by atoms with Crippen LogP contribution in [0.4, 0.5) is 21.0 Å². The van der Waals surface area contributed by atoms with Gasteiger partial charge in [0.2, 0.25) is 0 Å². The van der Waals surface area contributed by atoms with Crippen LogP contribution in [0.15, 0.2) is 36.4 Å². The molecule has 2 rings (SSSR count). The second kappa shape index (κ2) is 11.3. The molecular weight excluding hydrogens is 443 g/mol. The molecule has 0 saturated carbocycles.